The van der Waals surface area contributed by atoms with Crippen molar-refractivity contribution in [2.45, 2.75) is 83.0 Å². The van der Waals surface area contributed by atoms with Crippen molar-refractivity contribution in [3.8, 4) is 0 Å². The number of carbonyl (C=O) groups is 2. The second kappa shape index (κ2) is 6.89. The Labute approximate surface area is 142 Å². The monoisotopic (exact) mass is 347 g/mol. The zero-order chi connectivity index (χ0) is 18.1. The zero-order valence-electron chi connectivity index (χ0n) is 15.1. The third kappa shape index (κ3) is 6.59. The summed E-state index contributed by atoms with van der Waals surface area (Å²) < 4.78 is 11.1. The van der Waals surface area contributed by atoms with Crippen molar-refractivity contribution >= 4 is 23.8 Å². The molecular weight excluding hydrogens is 318 g/mol. The van der Waals surface area contributed by atoms with Crippen molar-refractivity contribution in [3.05, 3.63) is 0 Å². The van der Waals surface area contributed by atoms with Crippen LogP contribution in [0.1, 0.15) is 54.9 Å². The summed E-state index contributed by atoms with van der Waals surface area (Å²) in [5.41, 5.74) is -1.22. The Balaban J connectivity index is 2.61. The molecule has 0 aromatic heterocycles. The van der Waals surface area contributed by atoms with Crippen molar-refractivity contribution < 1.29 is 24.2 Å². The largest absolute Gasteiger partial charge is 0.480 e. The van der Waals surface area contributed by atoms with Gasteiger partial charge in [0, 0.05) is 11.0 Å². The Bertz CT molecular complexity index is 456. The Kier molecular flexibility index (Phi) is 6.02. The first-order chi connectivity index (χ1) is 10.2. The van der Waals surface area contributed by atoms with Crippen LogP contribution in [-0.4, -0.2) is 51.0 Å². The van der Waals surface area contributed by atoms with Crippen LogP contribution in [-0.2, 0) is 14.3 Å². The molecule has 0 saturated carbocycles. The molecule has 1 saturated heterocycles. The van der Waals surface area contributed by atoms with Crippen LogP contribution in [0.4, 0.5) is 4.79 Å². The van der Waals surface area contributed by atoms with Gasteiger partial charge in [-0.05, 0) is 54.9 Å². The minimum atomic E-state index is -1.07. The number of alkyl carbamates (subject to hydrolysis) is 1. The van der Waals surface area contributed by atoms with Crippen LogP contribution in [0.3, 0.4) is 0 Å². The van der Waals surface area contributed by atoms with Gasteiger partial charge >= 0.3 is 12.1 Å². The molecule has 0 spiro atoms. The van der Waals surface area contributed by atoms with Gasteiger partial charge < -0.3 is 19.9 Å². The van der Waals surface area contributed by atoms with Crippen molar-refractivity contribution in [2.75, 3.05) is 5.75 Å². The Hall–Kier alpha value is -0.950. The number of nitrogens with one attached hydrogen (secondary N) is 1. The first kappa shape index (κ1) is 20.1. The molecule has 134 valence electrons. The van der Waals surface area contributed by atoms with Crippen LogP contribution in [0.25, 0.3) is 0 Å². The van der Waals surface area contributed by atoms with E-state index in [-0.39, 0.29) is 22.2 Å². The maximum atomic E-state index is 11.8. The summed E-state index contributed by atoms with van der Waals surface area (Å²) in [5.74, 6) is -0.804. The smallest absolute Gasteiger partial charge is 0.408 e. The van der Waals surface area contributed by atoms with Crippen LogP contribution in [0.15, 0.2) is 0 Å². The molecule has 1 amide bonds. The van der Waals surface area contributed by atoms with E-state index in [2.05, 4.69) is 5.32 Å². The topological polar surface area (TPSA) is 84.9 Å². The fourth-order valence-electron chi connectivity index (χ4n) is 2.61. The standard InChI is InChI=1S/C16H29NO5S/c1-14(2,3)21-13(20)17-10(12(18)19)9-23-11-8-15(4,5)22-16(11,6)7/h10-11H,8-9H2,1-7H3,(H,17,20)(H,18,19). The van der Waals surface area contributed by atoms with E-state index in [1.165, 1.54) is 11.8 Å². The van der Waals surface area contributed by atoms with E-state index >= 15 is 0 Å². The highest BCUT2D eigenvalue weighted by Crippen LogP contribution is 2.43. The van der Waals surface area contributed by atoms with Gasteiger partial charge in [-0.15, -0.1) is 0 Å². The summed E-state index contributed by atoms with van der Waals surface area (Å²) in [7, 11) is 0. The minimum absolute atomic E-state index is 0.166. The van der Waals surface area contributed by atoms with Crippen LogP contribution in [0.2, 0.25) is 0 Å². The van der Waals surface area contributed by atoms with Crippen LogP contribution < -0.4 is 5.32 Å². The molecule has 0 bridgehead atoms. The summed E-state index contributed by atoms with van der Waals surface area (Å²) in [4.78, 5) is 23.1. The van der Waals surface area contributed by atoms with Crippen LogP contribution in [0.5, 0.6) is 0 Å². The maximum absolute atomic E-state index is 11.8. The zero-order valence-corrected chi connectivity index (χ0v) is 15.9. The van der Waals surface area contributed by atoms with Crippen LogP contribution in [0, 0.1) is 0 Å². The number of hydrogen-bond acceptors (Lipinski definition) is 5. The molecule has 1 aliphatic rings. The van der Waals surface area contributed by atoms with E-state index < -0.39 is 23.7 Å². The normalized spacial score (nSPS) is 24.0. The maximum Gasteiger partial charge on any atom is 0.408 e. The number of rotatable bonds is 5. The third-order valence-electron chi connectivity index (χ3n) is 3.44. The predicted octanol–water partition coefficient (Wildman–Crippen LogP) is 3.04. The summed E-state index contributed by atoms with van der Waals surface area (Å²) in [5, 5.41) is 11.9. The lowest BCUT2D eigenvalue weighted by Gasteiger charge is -2.28. The highest BCUT2D eigenvalue weighted by atomic mass is 32.2. The molecule has 2 unspecified atom stereocenters. The van der Waals surface area contributed by atoms with Gasteiger partial charge in [-0.1, -0.05) is 0 Å². The lowest BCUT2D eigenvalue weighted by Crippen LogP contribution is -2.45. The van der Waals surface area contributed by atoms with E-state index in [9.17, 15) is 14.7 Å². The molecule has 0 aliphatic carbocycles. The number of aliphatic carboxylic acids is 1. The summed E-state index contributed by atoms with van der Waals surface area (Å²) >= 11 is 1.51. The first-order valence-electron chi connectivity index (χ1n) is 7.76. The first-order valence-corrected chi connectivity index (χ1v) is 8.81. The Morgan fingerprint density at radius 1 is 1.35 bits per heavy atom. The van der Waals surface area contributed by atoms with Gasteiger partial charge in [-0.2, -0.15) is 11.8 Å². The molecule has 0 aromatic rings. The average molecular weight is 347 g/mol. The van der Waals surface area contributed by atoms with Crippen molar-refractivity contribution in [2.24, 2.45) is 0 Å². The number of carbonyl (C=O) groups excluding carboxylic acids is 1. The fraction of sp³-hybridized carbons (Fsp3) is 0.875. The lowest BCUT2D eigenvalue weighted by atomic mass is 10.0. The highest BCUT2D eigenvalue weighted by Gasteiger charge is 2.46. The molecule has 0 radical (unpaired) electrons. The van der Waals surface area contributed by atoms with E-state index in [0.29, 0.717) is 0 Å². The van der Waals surface area contributed by atoms with Gasteiger partial charge in [0.1, 0.15) is 11.6 Å². The highest BCUT2D eigenvalue weighted by molar-refractivity contribution is 8.00. The minimum Gasteiger partial charge on any atom is -0.480 e. The molecule has 2 N–H and O–H groups in total. The molecule has 0 aromatic carbocycles. The Morgan fingerprint density at radius 2 is 1.91 bits per heavy atom. The van der Waals surface area contributed by atoms with Gasteiger partial charge in [-0.3, -0.25) is 0 Å². The number of carboxylic acids is 1. The van der Waals surface area contributed by atoms with Crippen molar-refractivity contribution in [1.29, 1.82) is 0 Å². The summed E-state index contributed by atoms with van der Waals surface area (Å²) in [6.07, 6.45) is 0.122. The number of thioether (sulfide) groups is 1. The summed E-state index contributed by atoms with van der Waals surface area (Å²) in [6.45, 7) is 13.3. The number of carboxylic acid groups (broad SMARTS) is 1. The molecule has 1 fully saturated rings. The Morgan fingerprint density at radius 3 is 2.30 bits per heavy atom. The third-order valence-corrected chi connectivity index (χ3v) is 5.11. The van der Waals surface area contributed by atoms with E-state index in [0.717, 1.165) is 6.42 Å². The van der Waals surface area contributed by atoms with Crippen LogP contribution >= 0.6 is 11.8 Å². The van der Waals surface area contributed by atoms with E-state index in [1.807, 2.05) is 27.7 Å². The quantitative estimate of drug-likeness (QED) is 0.795. The second-order valence-corrected chi connectivity index (χ2v) is 9.26. The summed E-state index contributed by atoms with van der Waals surface area (Å²) in [6, 6.07) is -0.991. The van der Waals surface area contributed by atoms with E-state index in [4.69, 9.17) is 9.47 Å². The molecule has 1 rings (SSSR count). The van der Waals surface area contributed by atoms with E-state index in [1.54, 1.807) is 20.8 Å². The lowest BCUT2D eigenvalue weighted by molar-refractivity contribution is -0.138. The SMILES string of the molecule is CC(C)(C)OC(=O)NC(CSC1CC(C)(C)OC1(C)C)C(=O)O. The molecule has 7 heteroatoms. The van der Waals surface area contributed by atoms with Crippen molar-refractivity contribution in [3.63, 3.8) is 0 Å². The second-order valence-electron chi connectivity index (χ2n) is 8.03. The van der Waals surface area contributed by atoms with Gasteiger partial charge in [0.05, 0.1) is 11.2 Å². The predicted molar refractivity (Wildman–Crippen MR) is 90.9 cm³/mol. The van der Waals surface area contributed by atoms with Gasteiger partial charge in [0.25, 0.3) is 0 Å². The molecule has 23 heavy (non-hydrogen) atoms. The molecule has 1 aliphatic heterocycles. The number of ether oxygens (including phenoxy) is 2. The number of hydrogen-bond donors (Lipinski definition) is 2. The van der Waals surface area contributed by atoms with Gasteiger partial charge in [-0.25, -0.2) is 9.59 Å². The number of amides is 1. The van der Waals surface area contributed by atoms with Crippen molar-refractivity contribution in [1.82, 2.24) is 5.32 Å². The average Bonchev–Trinajstić information content (AvgIpc) is 2.49. The fourth-order valence-corrected chi connectivity index (χ4v) is 4.23. The molecular formula is C16H29NO5S. The van der Waals surface area contributed by atoms with Gasteiger partial charge in [0.2, 0.25) is 0 Å². The van der Waals surface area contributed by atoms with Gasteiger partial charge in [0.15, 0.2) is 0 Å². The molecule has 2 atom stereocenters. The molecule has 1 heterocycles. The molecule has 6 nitrogen and oxygen atoms in total.